The molecule has 2 rings (SSSR count). The third kappa shape index (κ3) is 3.85. The average Bonchev–Trinajstić information content (AvgIpc) is 2.45. The van der Waals surface area contributed by atoms with E-state index in [0.717, 1.165) is 11.3 Å². The van der Waals surface area contributed by atoms with Crippen LogP contribution in [0.25, 0.3) is 0 Å². The summed E-state index contributed by atoms with van der Waals surface area (Å²) in [7, 11) is 0. The molecule has 0 aliphatic rings. The van der Waals surface area contributed by atoms with Gasteiger partial charge in [-0.3, -0.25) is 4.79 Å². The number of amides is 1. The smallest absolute Gasteiger partial charge is 0.249 e. The summed E-state index contributed by atoms with van der Waals surface area (Å²) in [5.41, 5.74) is 9.33. The number of primary amides is 1. The molecule has 0 aromatic heterocycles. The molecule has 0 saturated carbocycles. The number of nitrogens with two attached hydrogens (primary N) is 1. The predicted octanol–water partition coefficient (Wildman–Crippen LogP) is 3.70. The molecule has 0 fully saturated rings. The highest BCUT2D eigenvalue weighted by molar-refractivity contribution is 5.94. The van der Waals surface area contributed by atoms with E-state index in [1.807, 2.05) is 18.2 Å². The van der Waals surface area contributed by atoms with Crippen molar-refractivity contribution < 1.29 is 4.79 Å². The van der Waals surface area contributed by atoms with Crippen molar-refractivity contribution in [2.45, 2.75) is 32.7 Å². The number of rotatable bonds is 4. The zero-order valence-electron chi connectivity index (χ0n) is 12.8. The molecule has 0 radical (unpaired) electrons. The van der Waals surface area contributed by atoms with Crippen molar-refractivity contribution in [2.75, 3.05) is 5.32 Å². The van der Waals surface area contributed by atoms with E-state index in [4.69, 9.17) is 5.73 Å². The van der Waals surface area contributed by atoms with Gasteiger partial charge in [0, 0.05) is 17.8 Å². The normalized spacial score (nSPS) is 11.2. The van der Waals surface area contributed by atoms with Gasteiger partial charge < -0.3 is 11.1 Å². The first-order valence-corrected chi connectivity index (χ1v) is 7.10. The Labute approximate surface area is 126 Å². The van der Waals surface area contributed by atoms with Crippen molar-refractivity contribution in [3.63, 3.8) is 0 Å². The second kappa shape index (κ2) is 6.00. The molecule has 110 valence electrons. The lowest BCUT2D eigenvalue weighted by Crippen LogP contribution is -2.15. The molecular formula is C18H22N2O. The minimum absolute atomic E-state index is 0.150. The van der Waals surface area contributed by atoms with Crippen molar-refractivity contribution >= 4 is 11.6 Å². The Morgan fingerprint density at radius 3 is 2.24 bits per heavy atom. The van der Waals surface area contributed by atoms with Crippen LogP contribution in [0, 0.1) is 0 Å². The molecule has 0 aliphatic carbocycles. The maximum absolute atomic E-state index is 11.4. The lowest BCUT2D eigenvalue weighted by molar-refractivity contribution is 0.0999. The number of benzene rings is 2. The van der Waals surface area contributed by atoms with Crippen LogP contribution in [0.5, 0.6) is 0 Å². The molecule has 2 aromatic rings. The van der Waals surface area contributed by atoms with Crippen LogP contribution in [0.3, 0.4) is 0 Å². The van der Waals surface area contributed by atoms with E-state index in [1.54, 1.807) is 6.07 Å². The molecule has 0 aliphatic heterocycles. The monoisotopic (exact) mass is 282 g/mol. The predicted molar refractivity (Wildman–Crippen MR) is 87.4 cm³/mol. The highest BCUT2D eigenvalue weighted by Crippen LogP contribution is 2.23. The van der Waals surface area contributed by atoms with E-state index in [1.165, 1.54) is 5.56 Å². The minimum Gasteiger partial charge on any atom is -0.381 e. The molecule has 0 heterocycles. The van der Waals surface area contributed by atoms with Gasteiger partial charge in [-0.05, 0) is 34.7 Å². The van der Waals surface area contributed by atoms with Gasteiger partial charge in [0.05, 0.1) is 0 Å². The lowest BCUT2D eigenvalue weighted by Gasteiger charge is -2.19. The molecule has 21 heavy (non-hydrogen) atoms. The molecule has 3 nitrogen and oxygen atoms in total. The van der Waals surface area contributed by atoms with Crippen LogP contribution in [0.4, 0.5) is 5.69 Å². The highest BCUT2D eigenvalue weighted by atomic mass is 16.1. The van der Waals surface area contributed by atoms with Crippen LogP contribution in [-0.2, 0) is 12.0 Å². The van der Waals surface area contributed by atoms with Gasteiger partial charge in [-0.15, -0.1) is 0 Å². The number of nitrogens with one attached hydrogen (secondary N) is 1. The third-order valence-corrected chi connectivity index (χ3v) is 3.52. The minimum atomic E-state index is -0.393. The highest BCUT2D eigenvalue weighted by Gasteiger charge is 2.13. The van der Waals surface area contributed by atoms with Gasteiger partial charge in [0.2, 0.25) is 5.91 Å². The maximum Gasteiger partial charge on any atom is 0.249 e. The first kappa shape index (κ1) is 15.1. The largest absolute Gasteiger partial charge is 0.381 e. The van der Waals surface area contributed by atoms with E-state index in [2.05, 4.69) is 50.4 Å². The summed E-state index contributed by atoms with van der Waals surface area (Å²) in [5, 5.41) is 3.33. The summed E-state index contributed by atoms with van der Waals surface area (Å²) < 4.78 is 0. The zero-order valence-corrected chi connectivity index (χ0v) is 12.8. The van der Waals surface area contributed by atoms with E-state index < -0.39 is 5.91 Å². The fourth-order valence-corrected chi connectivity index (χ4v) is 2.20. The van der Waals surface area contributed by atoms with Crippen molar-refractivity contribution in [1.82, 2.24) is 0 Å². The molecule has 0 spiro atoms. The molecular weight excluding hydrogens is 260 g/mol. The first-order chi connectivity index (χ1) is 9.88. The van der Waals surface area contributed by atoms with Crippen LogP contribution in [0.1, 0.15) is 42.3 Å². The SMILES string of the molecule is CC(C)(C)c1ccc(NCc2ccccc2C(N)=O)cc1. The van der Waals surface area contributed by atoms with E-state index in [0.29, 0.717) is 12.1 Å². The van der Waals surface area contributed by atoms with Crippen LogP contribution in [-0.4, -0.2) is 5.91 Å². The number of carbonyl (C=O) groups is 1. The Morgan fingerprint density at radius 2 is 1.67 bits per heavy atom. The number of carbonyl (C=O) groups excluding carboxylic acids is 1. The summed E-state index contributed by atoms with van der Waals surface area (Å²) in [6, 6.07) is 15.8. The Bertz CT molecular complexity index is 624. The molecule has 1 amide bonds. The Kier molecular flexibility index (Phi) is 4.32. The summed E-state index contributed by atoms with van der Waals surface area (Å²) >= 11 is 0. The van der Waals surface area contributed by atoms with Crippen molar-refractivity contribution in [3.05, 3.63) is 65.2 Å². The van der Waals surface area contributed by atoms with Crippen molar-refractivity contribution in [2.24, 2.45) is 5.73 Å². The standard InChI is InChI=1S/C18H22N2O/c1-18(2,3)14-8-10-15(11-9-14)20-12-13-6-4-5-7-16(13)17(19)21/h4-11,20H,12H2,1-3H3,(H2,19,21). The summed E-state index contributed by atoms with van der Waals surface area (Å²) in [5.74, 6) is -0.393. The van der Waals surface area contributed by atoms with Gasteiger partial charge in [-0.1, -0.05) is 51.1 Å². The van der Waals surface area contributed by atoms with Gasteiger partial charge in [-0.25, -0.2) is 0 Å². The van der Waals surface area contributed by atoms with Crippen LogP contribution in [0.15, 0.2) is 48.5 Å². The summed E-state index contributed by atoms with van der Waals surface area (Å²) in [6.45, 7) is 7.16. The Hall–Kier alpha value is -2.29. The molecule has 2 aromatic carbocycles. The second-order valence-electron chi connectivity index (χ2n) is 6.20. The average molecular weight is 282 g/mol. The Morgan fingerprint density at radius 1 is 1.05 bits per heavy atom. The topological polar surface area (TPSA) is 55.1 Å². The van der Waals surface area contributed by atoms with E-state index >= 15 is 0 Å². The van der Waals surface area contributed by atoms with Gasteiger partial charge in [0.25, 0.3) is 0 Å². The summed E-state index contributed by atoms with van der Waals surface area (Å²) in [6.07, 6.45) is 0. The molecule has 0 bridgehead atoms. The molecule has 3 heteroatoms. The lowest BCUT2D eigenvalue weighted by atomic mass is 9.87. The van der Waals surface area contributed by atoms with Gasteiger partial charge in [-0.2, -0.15) is 0 Å². The van der Waals surface area contributed by atoms with Crippen LogP contribution < -0.4 is 11.1 Å². The summed E-state index contributed by atoms with van der Waals surface area (Å²) in [4.78, 5) is 11.4. The molecule has 3 N–H and O–H groups in total. The fourth-order valence-electron chi connectivity index (χ4n) is 2.20. The van der Waals surface area contributed by atoms with Crippen LogP contribution in [0.2, 0.25) is 0 Å². The van der Waals surface area contributed by atoms with E-state index in [9.17, 15) is 4.79 Å². The fraction of sp³-hybridized carbons (Fsp3) is 0.278. The molecule has 0 saturated heterocycles. The number of anilines is 1. The third-order valence-electron chi connectivity index (χ3n) is 3.52. The van der Waals surface area contributed by atoms with Gasteiger partial charge in [0.15, 0.2) is 0 Å². The van der Waals surface area contributed by atoms with Gasteiger partial charge in [0.1, 0.15) is 0 Å². The first-order valence-electron chi connectivity index (χ1n) is 7.10. The van der Waals surface area contributed by atoms with Crippen molar-refractivity contribution in [3.8, 4) is 0 Å². The van der Waals surface area contributed by atoms with Crippen molar-refractivity contribution in [1.29, 1.82) is 0 Å². The second-order valence-corrected chi connectivity index (χ2v) is 6.20. The van der Waals surface area contributed by atoms with Gasteiger partial charge >= 0.3 is 0 Å². The number of hydrogen-bond donors (Lipinski definition) is 2. The Balaban J connectivity index is 2.09. The zero-order chi connectivity index (χ0) is 15.5. The molecule has 0 atom stereocenters. The van der Waals surface area contributed by atoms with Crippen LogP contribution >= 0.6 is 0 Å². The quantitative estimate of drug-likeness (QED) is 0.898. The maximum atomic E-state index is 11.4. The number of hydrogen-bond acceptors (Lipinski definition) is 2. The van der Waals surface area contributed by atoms with E-state index in [-0.39, 0.29) is 5.41 Å². The molecule has 0 unspecified atom stereocenters.